The number of aromatic nitrogens is 1. The second-order valence-electron chi connectivity index (χ2n) is 6.85. The number of nitrogens with zero attached hydrogens (tertiary/aromatic N) is 1. The van der Waals surface area contributed by atoms with Crippen molar-refractivity contribution in [3.05, 3.63) is 65.4 Å². The summed E-state index contributed by atoms with van der Waals surface area (Å²) in [4.78, 5) is 13.0. The number of carbonyl (C=O) groups is 1. The van der Waals surface area contributed by atoms with Crippen LogP contribution in [-0.2, 0) is 13.0 Å². The smallest absolute Gasteiger partial charge is 0.268 e. The van der Waals surface area contributed by atoms with E-state index in [0.717, 1.165) is 53.7 Å². The lowest BCUT2D eigenvalue weighted by atomic mass is 10.1. The van der Waals surface area contributed by atoms with E-state index in [-0.39, 0.29) is 5.91 Å². The van der Waals surface area contributed by atoms with E-state index in [4.69, 9.17) is 4.74 Å². The number of benzene rings is 2. The lowest BCUT2D eigenvalue weighted by molar-refractivity contribution is 0.0944. The van der Waals surface area contributed by atoms with Crippen LogP contribution in [0.1, 0.15) is 41.4 Å². The van der Waals surface area contributed by atoms with Crippen molar-refractivity contribution in [3.63, 3.8) is 0 Å². The van der Waals surface area contributed by atoms with Crippen molar-refractivity contribution in [2.24, 2.45) is 0 Å². The van der Waals surface area contributed by atoms with E-state index in [1.54, 1.807) is 7.11 Å². The molecule has 0 saturated heterocycles. The average Bonchev–Trinajstić information content (AvgIpc) is 2.99. The van der Waals surface area contributed by atoms with Crippen LogP contribution in [0.4, 0.5) is 0 Å². The maximum Gasteiger partial charge on any atom is 0.268 e. The van der Waals surface area contributed by atoms with E-state index in [1.807, 2.05) is 43.3 Å². The Hall–Kier alpha value is -2.75. The summed E-state index contributed by atoms with van der Waals surface area (Å²) in [5.41, 5.74) is 4.17. The van der Waals surface area contributed by atoms with Crippen LogP contribution >= 0.6 is 0 Å². The van der Waals surface area contributed by atoms with Gasteiger partial charge in [-0.05, 0) is 49.1 Å². The van der Waals surface area contributed by atoms with Crippen molar-refractivity contribution in [2.75, 3.05) is 13.7 Å². The largest absolute Gasteiger partial charge is 0.497 e. The molecule has 0 aliphatic rings. The molecule has 27 heavy (non-hydrogen) atoms. The molecule has 1 N–H and O–H groups in total. The molecule has 3 rings (SSSR count). The molecule has 142 valence electrons. The fourth-order valence-electron chi connectivity index (χ4n) is 3.51. The maximum absolute atomic E-state index is 13.0. The van der Waals surface area contributed by atoms with Gasteiger partial charge in [0.05, 0.1) is 7.11 Å². The Kier molecular flexibility index (Phi) is 6.17. The fraction of sp³-hybridized carbons (Fsp3) is 0.348. The zero-order chi connectivity index (χ0) is 19.2. The number of aryl methyl sites for hydroxylation is 2. The Morgan fingerprint density at radius 3 is 2.56 bits per heavy atom. The van der Waals surface area contributed by atoms with Gasteiger partial charge >= 0.3 is 0 Å². The monoisotopic (exact) mass is 364 g/mol. The fourth-order valence-corrected chi connectivity index (χ4v) is 3.51. The van der Waals surface area contributed by atoms with Gasteiger partial charge in [0.15, 0.2) is 0 Å². The van der Waals surface area contributed by atoms with Crippen LogP contribution in [0.15, 0.2) is 48.5 Å². The van der Waals surface area contributed by atoms with E-state index >= 15 is 0 Å². The zero-order valence-corrected chi connectivity index (χ0v) is 16.4. The van der Waals surface area contributed by atoms with Gasteiger partial charge in [0.1, 0.15) is 11.4 Å². The molecule has 0 fully saturated rings. The number of para-hydroxylation sites is 1. The van der Waals surface area contributed by atoms with Gasteiger partial charge in [0.25, 0.3) is 5.91 Å². The predicted molar refractivity (Wildman–Crippen MR) is 111 cm³/mol. The molecule has 0 atom stereocenters. The number of carbonyl (C=O) groups excluding carboxylic acids is 1. The van der Waals surface area contributed by atoms with E-state index < -0.39 is 0 Å². The third-order valence-corrected chi connectivity index (χ3v) is 5.03. The lowest BCUT2D eigenvalue weighted by Gasteiger charge is -2.12. The topological polar surface area (TPSA) is 43.3 Å². The first-order valence-corrected chi connectivity index (χ1v) is 9.64. The highest BCUT2D eigenvalue weighted by atomic mass is 16.5. The number of unbranched alkanes of at least 4 members (excludes halogenated alkanes) is 1. The summed E-state index contributed by atoms with van der Waals surface area (Å²) >= 11 is 0. The van der Waals surface area contributed by atoms with Gasteiger partial charge < -0.3 is 14.6 Å². The minimum atomic E-state index is 0.00770. The van der Waals surface area contributed by atoms with Gasteiger partial charge in [-0.15, -0.1) is 0 Å². The summed E-state index contributed by atoms with van der Waals surface area (Å²) in [6.07, 6.45) is 2.96. The minimum absolute atomic E-state index is 0.00770. The summed E-state index contributed by atoms with van der Waals surface area (Å²) in [5, 5.41) is 4.26. The van der Waals surface area contributed by atoms with Crippen molar-refractivity contribution in [2.45, 2.75) is 39.7 Å². The summed E-state index contributed by atoms with van der Waals surface area (Å²) in [6.45, 7) is 5.70. The van der Waals surface area contributed by atoms with Crippen molar-refractivity contribution in [3.8, 4) is 5.75 Å². The average molecular weight is 364 g/mol. The summed E-state index contributed by atoms with van der Waals surface area (Å²) in [6, 6.07) is 16.2. The van der Waals surface area contributed by atoms with Gasteiger partial charge in [-0.1, -0.05) is 43.7 Å². The Bertz CT molecular complexity index is 910. The van der Waals surface area contributed by atoms with Crippen LogP contribution in [0.3, 0.4) is 0 Å². The summed E-state index contributed by atoms with van der Waals surface area (Å²) in [7, 11) is 1.66. The van der Waals surface area contributed by atoms with E-state index in [1.165, 1.54) is 5.56 Å². The molecule has 1 amide bonds. The lowest BCUT2D eigenvalue weighted by Crippen LogP contribution is -2.28. The van der Waals surface area contributed by atoms with Crippen molar-refractivity contribution in [1.82, 2.24) is 9.88 Å². The Labute approximate surface area is 161 Å². The molecule has 3 aromatic rings. The first kappa shape index (κ1) is 19.0. The third-order valence-electron chi connectivity index (χ3n) is 5.03. The number of methoxy groups -OCH3 is 1. The molecular formula is C23H28N2O2. The van der Waals surface area contributed by atoms with E-state index in [2.05, 4.69) is 28.9 Å². The first-order chi connectivity index (χ1) is 13.2. The number of rotatable bonds is 8. The van der Waals surface area contributed by atoms with Crippen molar-refractivity contribution < 1.29 is 9.53 Å². The molecule has 1 heterocycles. The molecule has 0 unspecified atom stereocenters. The number of hydrogen-bond acceptors (Lipinski definition) is 2. The summed E-state index contributed by atoms with van der Waals surface area (Å²) in [5.74, 6) is 0.854. The Morgan fingerprint density at radius 1 is 1.11 bits per heavy atom. The van der Waals surface area contributed by atoms with Crippen molar-refractivity contribution >= 4 is 16.8 Å². The molecule has 0 aliphatic carbocycles. The normalized spacial score (nSPS) is 10.9. The van der Waals surface area contributed by atoms with Crippen LogP contribution in [0.5, 0.6) is 5.75 Å². The van der Waals surface area contributed by atoms with Crippen LogP contribution in [-0.4, -0.2) is 24.1 Å². The minimum Gasteiger partial charge on any atom is -0.497 e. The van der Waals surface area contributed by atoms with E-state index in [9.17, 15) is 4.79 Å². The first-order valence-electron chi connectivity index (χ1n) is 9.64. The number of fused-ring (bicyclic) bond motifs is 1. The quantitative estimate of drug-likeness (QED) is 0.628. The van der Waals surface area contributed by atoms with E-state index in [0.29, 0.717) is 6.54 Å². The van der Waals surface area contributed by atoms with Crippen LogP contribution in [0.2, 0.25) is 0 Å². The molecule has 0 radical (unpaired) electrons. The SMILES string of the molecule is CCCCn1c(C(=O)NCCc2ccc(OC)cc2)c(C)c2ccccc21. The van der Waals surface area contributed by atoms with Gasteiger partial charge in [0, 0.05) is 24.0 Å². The van der Waals surface area contributed by atoms with Gasteiger partial charge in [0.2, 0.25) is 0 Å². The predicted octanol–water partition coefficient (Wildman–Crippen LogP) is 4.73. The molecule has 1 aromatic heterocycles. The molecule has 0 spiro atoms. The number of ether oxygens (including phenoxy) is 1. The van der Waals surface area contributed by atoms with Crippen LogP contribution < -0.4 is 10.1 Å². The van der Waals surface area contributed by atoms with Gasteiger partial charge in [-0.2, -0.15) is 0 Å². The highest BCUT2D eigenvalue weighted by Crippen LogP contribution is 2.26. The second kappa shape index (κ2) is 8.76. The highest BCUT2D eigenvalue weighted by molar-refractivity contribution is 6.01. The second-order valence-corrected chi connectivity index (χ2v) is 6.85. The van der Waals surface area contributed by atoms with Crippen LogP contribution in [0, 0.1) is 6.92 Å². The molecule has 0 aliphatic heterocycles. The molecule has 2 aromatic carbocycles. The molecular weight excluding hydrogens is 336 g/mol. The third kappa shape index (κ3) is 4.16. The Balaban J connectivity index is 1.75. The van der Waals surface area contributed by atoms with Gasteiger partial charge in [-0.25, -0.2) is 0 Å². The molecule has 0 saturated carbocycles. The number of hydrogen-bond donors (Lipinski definition) is 1. The standard InChI is InChI=1S/C23H28N2O2/c1-4-5-16-25-21-9-7-6-8-20(21)17(2)22(25)23(26)24-15-14-18-10-12-19(27-3)13-11-18/h6-13H,4-5,14-16H2,1-3H3,(H,24,26). The summed E-state index contributed by atoms with van der Waals surface area (Å²) < 4.78 is 7.36. The Morgan fingerprint density at radius 2 is 1.85 bits per heavy atom. The number of nitrogens with one attached hydrogen (secondary N) is 1. The molecule has 0 bridgehead atoms. The highest BCUT2D eigenvalue weighted by Gasteiger charge is 2.19. The molecule has 4 heteroatoms. The van der Waals surface area contributed by atoms with Crippen LogP contribution in [0.25, 0.3) is 10.9 Å². The zero-order valence-electron chi connectivity index (χ0n) is 16.4. The van der Waals surface area contributed by atoms with Crippen molar-refractivity contribution in [1.29, 1.82) is 0 Å². The maximum atomic E-state index is 13.0. The van der Waals surface area contributed by atoms with Gasteiger partial charge in [-0.3, -0.25) is 4.79 Å². The molecule has 4 nitrogen and oxygen atoms in total. The number of amides is 1.